The summed E-state index contributed by atoms with van der Waals surface area (Å²) >= 11 is 0. The van der Waals surface area contributed by atoms with Crippen molar-refractivity contribution in [2.45, 2.75) is 13.5 Å². The van der Waals surface area contributed by atoms with E-state index in [0.29, 0.717) is 6.54 Å². The lowest BCUT2D eigenvalue weighted by molar-refractivity contribution is 0.606. The predicted octanol–water partition coefficient (Wildman–Crippen LogP) is 1.01. The number of aryl methyl sites for hydroxylation is 1. The Morgan fingerprint density at radius 2 is 1.94 bits per heavy atom. The van der Waals surface area contributed by atoms with Crippen LogP contribution in [0.15, 0.2) is 30.6 Å². The summed E-state index contributed by atoms with van der Waals surface area (Å²) < 4.78 is 25.8. The zero-order valence-electron chi connectivity index (χ0n) is 10.2. The van der Waals surface area contributed by atoms with E-state index in [0.717, 1.165) is 11.8 Å². The molecular formula is C11H14N4O2S. The minimum Gasteiger partial charge on any atom is -0.250 e. The van der Waals surface area contributed by atoms with Crippen molar-refractivity contribution in [3.05, 3.63) is 41.7 Å². The molecule has 1 N–H and O–H groups in total. The number of benzene rings is 1. The second-order valence-electron chi connectivity index (χ2n) is 4.13. The van der Waals surface area contributed by atoms with Crippen LogP contribution in [0, 0.1) is 6.92 Å². The van der Waals surface area contributed by atoms with Gasteiger partial charge in [0, 0.05) is 0 Å². The molecule has 0 aliphatic heterocycles. The first-order valence-corrected chi connectivity index (χ1v) is 7.24. The van der Waals surface area contributed by atoms with E-state index in [9.17, 15) is 8.42 Å². The van der Waals surface area contributed by atoms with Gasteiger partial charge >= 0.3 is 0 Å². The van der Waals surface area contributed by atoms with Crippen LogP contribution < -0.4 is 4.72 Å². The molecule has 7 heteroatoms. The van der Waals surface area contributed by atoms with Crippen molar-refractivity contribution in [1.82, 2.24) is 14.8 Å². The average molecular weight is 266 g/mol. The predicted molar refractivity (Wildman–Crippen MR) is 68.8 cm³/mol. The monoisotopic (exact) mass is 266 g/mol. The Balaban J connectivity index is 2.09. The Hall–Kier alpha value is -1.89. The van der Waals surface area contributed by atoms with Gasteiger partial charge in [-0.05, 0) is 12.5 Å². The molecule has 0 amide bonds. The van der Waals surface area contributed by atoms with Crippen LogP contribution in [0.4, 0.5) is 5.95 Å². The molecule has 0 unspecified atom stereocenters. The van der Waals surface area contributed by atoms with Crippen molar-refractivity contribution < 1.29 is 8.42 Å². The highest BCUT2D eigenvalue weighted by atomic mass is 32.2. The van der Waals surface area contributed by atoms with Crippen molar-refractivity contribution in [1.29, 1.82) is 0 Å². The zero-order valence-corrected chi connectivity index (χ0v) is 11.0. The molecule has 0 fully saturated rings. The van der Waals surface area contributed by atoms with Gasteiger partial charge in [0.15, 0.2) is 0 Å². The van der Waals surface area contributed by atoms with E-state index < -0.39 is 10.0 Å². The average Bonchev–Trinajstić information content (AvgIpc) is 2.66. The fourth-order valence-corrected chi connectivity index (χ4v) is 1.89. The molecule has 0 aliphatic rings. The number of aromatic nitrogens is 3. The fraction of sp³-hybridized carbons (Fsp3) is 0.273. The van der Waals surface area contributed by atoms with E-state index >= 15 is 0 Å². The summed E-state index contributed by atoms with van der Waals surface area (Å²) in [5, 5.41) is 4.03. The number of nitrogens with one attached hydrogen (secondary N) is 1. The SMILES string of the molecule is Cc1ccc(Cn2cnc(NS(C)(=O)=O)n2)cc1. The molecule has 0 spiro atoms. The summed E-state index contributed by atoms with van der Waals surface area (Å²) in [4.78, 5) is 3.88. The Bertz CT molecular complexity index is 631. The molecule has 0 saturated carbocycles. The second kappa shape index (κ2) is 4.77. The van der Waals surface area contributed by atoms with E-state index in [2.05, 4.69) is 14.8 Å². The van der Waals surface area contributed by atoms with E-state index in [1.54, 1.807) is 4.68 Å². The molecule has 18 heavy (non-hydrogen) atoms. The summed E-state index contributed by atoms with van der Waals surface area (Å²) in [6, 6.07) is 8.03. The van der Waals surface area contributed by atoms with Crippen LogP contribution in [0.1, 0.15) is 11.1 Å². The van der Waals surface area contributed by atoms with Crippen molar-refractivity contribution in [2.75, 3.05) is 11.0 Å². The standard InChI is InChI=1S/C11H14N4O2S/c1-9-3-5-10(6-4-9)7-15-8-12-11(13-15)14-18(2,16)17/h3-6,8H,7H2,1-2H3,(H,13,14). The number of sulfonamides is 1. The summed E-state index contributed by atoms with van der Waals surface area (Å²) in [6.45, 7) is 2.58. The summed E-state index contributed by atoms with van der Waals surface area (Å²) in [6.07, 6.45) is 2.56. The highest BCUT2D eigenvalue weighted by Gasteiger charge is 2.06. The molecule has 96 valence electrons. The molecule has 0 aliphatic carbocycles. The van der Waals surface area contributed by atoms with E-state index in [4.69, 9.17) is 0 Å². The van der Waals surface area contributed by atoms with Crippen LogP contribution in [0.25, 0.3) is 0 Å². The van der Waals surface area contributed by atoms with Crippen molar-refractivity contribution >= 4 is 16.0 Å². The number of hydrogen-bond acceptors (Lipinski definition) is 4. The fourth-order valence-electron chi connectivity index (χ4n) is 1.46. The highest BCUT2D eigenvalue weighted by Crippen LogP contribution is 2.06. The van der Waals surface area contributed by atoms with Crippen molar-refractivity contribution in [2.24, 2.45) is 0 Å². The molecule has 6 nitrogen and oxygen atoms in total. The van der Waals surface area contributed by atoms with E-state index in [1.807, 2.05) is 31.2 Å². The maximum absolute atomic E-state index is 11.0. The summed E-state index contributed by atoms with van der Waals surface area (Å²) in [5.74, 6) is 0.0876. The molecular weight excluding hydrogens is 252 g/mol. The first-order valence-electron chi connectivity index (χ1n) is 5.35. The minimum absolute atomic E-state index is 0.0876. The third kappa shape index (κ3) is 3.56. The van der Waals surface area contributed by atoms with Crippen molar-refractivity contribution in [3.8, 4) is 0 Å². The Morgan fingerprint density at radius 1 is 1.28 bits per heavy atom. The Kier molecular flexibility index (Phi) is 3.33. The van der Waals surface area contributed by atoms with Crippen LogP contribution in [-0.2, 0) is 16.6 Å². The molecule has 0 atom stereocenters. The maximum Gasteiger partial charge on any atom is 0.255 e. The van der Waals surface area contributed by atoms with Gasteiger partial charge in [0.25, 0.3) is 5.95 Å². The second-order valence-corrected chi connectivity index (χ2v) is 5.87. The van der Waals surface area contributed by atoms with E-state index in [-0.39, 0.29) is 5.95 Å². The Morgan fingerprint density at radius 3 is 2.56 bits per heavy atom. The summed E-state index contributed by atoms with van der Waals surface area (Å²) in [5.41, 5.74) is 2.27. The van der Waals surface area contributed by atoms with Crippen molar-refractivity contribution in [3.63, 3.8) is 0 Å². The first kappa shape index (κ1) is 12.6. The molecule has 1 heterocycles. The molecule has 2 aromatic rings. The number of anilines is 1. The van der Waals surface area contributed by atoms with Gasteiger partial charge in [-0.3, -0.25) is 4.72 Å². The molecule has 1 aromatic carbocycles. The smallest absolute Gasteiger partial charge is 0.250 e. The third-order valence-corrected chi connectivity index (χ3v) is 2.83. The Labute approximate surface area is 106 Å². The molecule has 1 aromatic heterocycles. The van der Waals surface area contributed by atoms with Crippen LogP contribution in [0.3, 0.4) is 0 Å². The largest absolute Gasteiger partial charge is 0.255 e. The number of nitrogens with zero attached hydrogens (tertiary/aromatic N) is 3. The van der Waals surface area contributed by atoms with Gasteiger partial charge in [0.2, 0.25) is 10.0 Å². The van der Waals surface area contributed by atoms with Crippen LogP contribution >= 0.6 is 0 Å². The molecule has 0 bridgehead atoms. The van der Waals surface area contributed by atoms with Crippen LogP contribution in [0.5, 0.6) is 0 Å². The molecule has 0 saturated heterocycles. The van der Waals surface area contributed by atoms with Crippen LogP contribution in [0.2, 0.25) is 0 Å². The van der Waals surface area contributed by atoms with Gasteiger partial charge in [-0.2, -0.15) is 4.98 Å². The van der Waals surface area contributed by atoms with Gasteiger partial charge in [-0.15, -0.1) is 5.10 Å². The normalized spacial score (nSPS) is 11.4. The zero-order chi connectivity index (χ0) is 13.2. The lowest BCUT2D eigenvalue weighted by Gasteiger charge is -2.01. The lowest BCUT2D eigenvalue weighted by atomic mass is 10.1. The maximum atomic E-state index is 11.0. The topological polar surface area (TPSA) is 76.9 Å². The van der Waals surface area contributed by atoms with Gasteiger partial charge in [-0.25, -0.2) is 13.1 Å². The highest BCUT2D eigenvalue weighted by molar-refractivity contribution is 7.91. The minimum atomic E-state index is -3.33. The molecule has 0 radical (unpaired) electrons. The van der Waals surface area contributed by atoms with Gasteiger partial charge in [0.05, 0.1) is 12.8 Å². The van der Waals surface area contributed by atoms with Gasteiger partial charge in [-0.1, -0.05) is 29.8 Å². The number of hydrogen-bond donors (Lipinski definition) is 1. The third-order valence-electron chi connectivity index (χ3n) is 2.28. The number of rotatable bonds is 4. The van der Waals surface area contributed by atoms with Gasteiger partial charge < -0.3 is 0 Å². The first-order chi connectivity index (χ1) is 8.42. The lowest BCUT2D eigenvalue weighted by Crippen LogP contribution is -2.11. The van der Waals surface area contributed by atoms with Gasteiger partial charge in [0.1, 0.15) is 6.33 Å². The molecule has 2 rings (SSSR count). The van der Waals surface area contributed by atoms with Crippen LogP contribution in [-0.4, -0.2) is 29.4 Å². The summed E-state index contributed by atoms with van der Waals surface area (Å²) in [7, 11) is -3.33. The quantitative estimate of drug-likeness (QED) is 0.895. The van der Waals surface area contributed by atoms with E-state index in [1.165, 1.54) is 11.9 Å².